The lowest BCUT2D eigenvalue weighted by Crippen LogP contribution is -2.75. The summed E-state index contributed by atoms with van der Waals surface area (Å²) in [5.41, 5.74) is -28.1. The van der Waals surface area contributed by atoms with Gasteiger partial charge in [0.2, 0.25) is 5.52 Å². The maximum absolute atomic E-state index is 14.2. The molecule has 0 atom stereocenters. The van der Waals surface area contributed by atoms with Crippen molar-refractivity contribution in [2.24, 2.45) is 0 Å². The second-order valence-electron chi connectivity index (χ2n) is 16.3. The monoisotopic (exact) mass is 1100 g/mol. The van der Waals surface area contributed by atoms with Crippen LogP contribution in [-0.2, 0) is 56.0 Å². The van der Waals surface area contributed by atoms with Gasteiger partial charge in [-0.15, -0.1) is 0 Å². The van der Waals surface area contributed by atoms with Crippen LogP contribution in [0, 0.1) is 22.7 Å². The summed E-state index contributed by atoms with van der Waals surface area (Å²) in [6, 6.07) is 7.09. The molecular formula is C47H24BF24N3. The molecule has 75 heavy (non-hydrogen) atoms. The number of fused-ring (bicyclic) bond motifs is 1. The van der Waals surface area contributed by atoms with Crippen LogP contribution in [0.15, 0.2) is 127 Å². The van der Waals surface area contributed by atoms with Crippen molar-refractivity contribution in [2.75, 3.05) is 0 Å². The van der Waals surface area contributed by atoms with E-state index in [0.29, 0.717) is 6.54 Å². The first kappa shape index (κ1) is 58.5. The topological polar surface area (TPSA) is 51.5 Å². The first-order chi connectivity index (χ1) is 34.0. The first-order valence-electron chi connectivity index (χ1n) is 20.2. The Labute approximate surface area is 405 Å². The number of pyridine rings is 1. The van der Waals surface area contributed by atoms with Crippen molar-refractivity contribution in [2.45, 2.75) is 62.9 Å². The molecule has 0 aliphatic carbocycles. The maximum atomic E-state index is 14.2. The second kappa shape index (κ2) is 20.0. The summed E-state index contributed by atoms with van der Waals surface area (Å²) in [4.78, 5) is 0. The van der Waals surface area contributed by atoms with Crippen LogP contribution in [0.25, 0.3) is 10.9 Å². The fraction of sp³-hybridized carbons (Fsp3) is 0.213. The molecule has 0 radical (unpaired) electrons. The highest BCUT2D eigenvalue weighted by molar-refractivity contribution is 7.20. The molecule has 0 saturated heterocycles. The van der Waals surface area contributed by atoms with Crippen molar-refractivity contribution in [3.05, 3.63) is 171 Å². The van der Waals surface area contributed by atoms with E-state index in [9.17, 15) is 105 Å². The van der Waals surface area contributed by atoms with Crippen LogP contribution >= 0.6 is 0 Å². The highest BCUT2D eigenvalue weighted by Crippen LogP contribution is 2.41. The van der Waals surface area contributed by atoms with Crippen LogP contribution in [-0.4, -0.2) is 6.15 Å². The highest BCUT2D eigenvalue weighted by Gasteiger charge is 2.47. The smallest absolute Gasteiger partial charge is 0.194 e. The van der Waals surface area contributed by atoms with Gasteiger partial charge in [-0.3, -0.25) is 0 Å². The summed E-state index contributed by atoms with van der Waals surface area (Å²) < 4.78 is 343. The van der Waals surface area contributed by atoms with Crippen LogP contribution in [0.4, 0.5) is 105 Å². The molecule has 6 aromatic rings. The van der Waals surface area contributed by atoms with Crippen LogP contribution < -0.4 is 26.4 Å². The molecule has 0 saturated carbocycles. The summed E-state index contributed by atoms with van der Waals surface area (Å²) >= 11 is 0. The maximum Gasteiger partial charge on any atom is 0.416 e. The standard InChI is InChI=1S/C32H12BF24.C15H12N3/c34-25(35,36)13-1-14(26(37,38)39)6-21(5-13)33(22-7-15(27(40,41)42)2-16(8-22)28(43,44)45,23-9-17(29(46,47)48)3-18(10-23)30(49,50)51)24-11-19(31(52,53)54)4-20(12-24)32(55,56)57;1-12(14(9-16)10-17)11-18-8-4-6-13-5-2-3-7-15(13)18/h1-12H;2-8H,11H2,1H3/q-1;+1. The van der Waals surface area contributed by atoms with Crippen molar-refractivity contribution in [3.8, 4) is 12.1 Å². The quantitative estimate of drug-likeness (QED) is 0.0722. The second-order valence-corrected chi connectivity index (χ2v) is 16.3. The van der Waals surface area contributed by atoms with Gasteiger partial charge in [-0.05, 0) is 43.3 Å². The normalized spacial score (nSPS) is 13.2. The minimum absolute atomic E-state index is 0.190. The number of alkyl halides is 24. The molecule has 0 fully saturated rings. The Hall–Kier alpha value is -7.39. The number of nitriles is 2. The summed E-state index contributed by atoms with van der Waals surface area (Å²) in [5, 5.41) is 18.8. The number of para-hydroxylation sites is 1. The molecule has 1 aromatic heterocycles. The van der Waals surface area contributed by atoms with E-state index in [1.54, 1.807) is 0 Å². The summed E-state index contributed by atoms with van der Waals surface area (Å²) in [7, 11) is 0. The Morgan fingerprint density at radius 1 is 0.387 bits per heavy atom. The molecule has 0 aliphatic heterocycles. The molecule has 1 heterocycles. The number of nitrogens with zero attached hydrogens (tertiary/aromatic N) is 3. The van der Waals surface area contributed by atoms with Crippen LogP contribution in [0.2, 0.25) is 0 Å². The van der Waals surface area contributed by atoms with E-state index in [0.717, 1.165) is 16.5 Å². The molecular weight excluding hydrogens is 1070 g/mol. The zero-order valence-electron chi connectivity index (χ0n) is 36.7. The molecule has 6 rings (SSSR count). The highest BCUT2D eigenvalue weighted by atomic mass is 19.4. The fourth-order valence-electron chi connectivity index (χ4n) is 7.98. The number of benzene rings is 5. The number of halogens is 24. The van der Waals surface area contributed by atoms with Gasteiger partial charge in [-0.25, -0.2) is 0 Å². The van der Waals surface area contributed by atoms with Gasteiger partial charge in [0.05, 0.1) is 44.5 Å². The van der Waals surface area contributed by atoms with E-state index in [1.165, 1.54) is 0 Å². The molecule has 3 nitrogen and oxygen atoms in total. The van der Waals surface area contributed by atoms with Gasteiger partial charge in [0, 0.05) is 23.1 Å². The third-order valence-corrected chi connectivity index (χ3v) is 11.3. The predicted octanol–water partition coefficient (Wildman–Crippen LogP) is 13.7. The Bertz CT molecular complexity index is 2770. The van der Waals surface area contributed by atoms with Crippen molar-refractivity contribution in [1.82, 2.24) is 0 Å². The average Bonchev–Trinajstić information content (AvgIpc) is 3.27. The van der Waals surface area contributed by atoms with E-state index in [-0.39, 0.29) is 5.57 Å². The Morgan fingerprint density at radius 2 is 0.627 bits per heavy atom. The number of aromatic nitrogens is 1. The first-order valence-corrected chi connectivity index (χ1v) is 20.2. The van der Waals surface area contributed by atoms with Gasteiger partial charge < -0.3 is 0 Å². The largest absolute Gasteiger partial charge is 0.416 e. The van der Waals surface area contributed by atoms with Crippen LogP contribution in [0.3, 0.4) is 0 Å². The third-order valence-electron chi connectivity index (χ3n) is 11.3. The molecule has 0 spiro atoms. The van der Waals surface area contributed by atoms with Crippen LogP contribution in [0.5, 0.6) is 0 Å². The lowest BCUT2D eigenvalue weighted by Gasteiger charge is -2.46. The van der Waals surface area contributed by atoms with E-state index < -0.39 is 195 Å². The van der Waals surface area contributed by atoms with Gasteiger partial charge in [0.15, 0.2) is 12.7 Å². The zero-order chi connectivity index (χ0) is 56.9. The minimum atomic E-state index is -6.13. The lowest BCUT2D eigenvalue weighted by molar-refractivity contribution is -0.663. The van der Waals surface area contributed by atoms with Crippen molar-refractivity contribution < 1.29 is 110 Å². The average molecular weight is 1100 g/mol. The summed E-state index contributed by atoms with van der Waals surface area (Å²) in [6.07, 6.45) is -52.8. The van der Waals surface area contributed by atoms with Gasteiger partial charge in [0.1, 0.15) is 23.9 Å². The molecule has 398 valence electrons. The predicted molar refractivity (Wildman–Crippen MR) is 218 cm³/mol. The van der Waals surface area contributed by atoms with Gasteiger partial charge in [0.25, 0.3) is 0 Å². The molecule has 0 N–H and O–H groups in total. The van der Waals surface area contributed by atoms with E-state index in [2.05, 4.69) is 0 Å². The SMILES string of the molecule is CC(C[n+]1cccc2ccccc21)=C(C#N)C#N.FC(F)(F)c1cc([B-](c2cc(C(F)(F)F)cc(C(F)(F)F)c2)(c2cc(C(F)(F)F)cc(C(F)(F)F)c2)c2cc(C(F)(F)F)cc(C(F)(F)F)c2)cc(C(F)(F)F)c1. The molecule has 0 unspecified atom stereocenters. The Kier molecular flexibility index (Phi) is 15.6. The molecule has 0 bridgehead atoms. The van der Waals surface area contributed by atoms with Gasteiger partial charge in [-0.1, -0.05) is 60.7 Å². The Morgan fingerprint density at radius 3 is 0.867 bits per heavy atom. The third kappa shape index (κ3) is 13.1. The number of hydrogen-bond donors (Lipinski definition) is 0. The van der Waals surface area contributed by atoms with E-state index in [4.69, 9.17) is 10.5 Å². The fourth-order valence-corrected chi connectivity index (χ4v) is 7.98. The van der Waals surface area contributed by atoms with Crippen molar-refractivity contribution >= 4 is 38.9 Å². The lowest BCUT2D eigenvalue weighted by atomic mass is 9.12. The number of rotatable bonds is 6. The van der Waals surface area contributed by atoms with Gasteiger partial charge in [-0.2, -0.15) is 142 Å². The Balaban J connectivity index is 0.000000483. The molecule has 28 heteroatoms. The van der Waals surface area contributed by atoms with Crippen LogP contribution in [0.1, 0.15) is 51.4 Å². The zero-order valence-corrected chi connectivity index (χ0v) is 36.7. The molecule has 0 aliphatic rings. The van der Waals surface area contributed by atoms with E-state index in [1.807, 2.05) is 66.2 Å². The summed E-state index contributed by atoms with van der Waals surface area (Å²) in [5.74, 6) is 0. The minimum Gasteiger partial charge on any atom is -0.194 e. The number of allylic oxidation sites excluding steroid dienone is 2. The van der Waals surface area contributed by atoms with Crippen molar-refractivity contribution in [1.29, 1.82) is 10.5 Å². The van der Waals surface area contributed by atoms with Crippen molar-refractivity contribution in [3.63, 3.8) is 0 Å². The van der Waals surface area contributed by atoms with Gasteiger partial charge >= 0.3 is 49.4 Å². The molecule has 5 aromatic carbocycles. The number of hydrogen-bond acceptors (Lipinski definition) is 2. The van der Waals surface area contributed by atoms with E-state index >= 15 is 0 Å². The molecule has 0 amide bonds. The summed E-state index contributed by atoms with van der Waals surface area (Å²) in [6.45, 7) is 2.37.